The maximum absolute atomic E-state index is 14.4. The molecule has 5 nitrogen and oxygen atoms in total. The zero-order valence-corrected chi connectivity index (χ0v) is 12.6. The lowest BCUT2D eigenvalue weighted by Gasteiger charge is -2.23. The van der Waals surface area contributed by atoms with Gasteiger partial charge in [0.1, 0.15) is 6.04 Å². The van der Waals surface area contributed by atoms with E-state index in [4.69, 9.17) is 9.84 Å². The Morgan fingerprint density at radius 1 is 1.29 bits per heavy atom. The summed E-state index contributed by atoms with van der Waals surface area (Å²) in [7, 11) is 1.35. The normalized spacial score (nSPS) is 22.5. The van der Waals surface area contributed by atoms with Crippen molar-refractivity contribution < 1.29 is 37.0 Å². The van der Waals surface area contributed by atoms with Gasteiger partial charge in [0.25, 0.3) is 5.91 Å². The highest BCUT2D eigenvalue weighted by atomic mass is 19.4. The number of carboxylic acid groups (broad SMARTS) is 1. The van der Waals surface area contributed by atoms with Crippen LogP contribution in [-0.2, 0) is 20.5 Å². The molecule has 0 bridgehead atoms. The lowest BCUT2D eigenvalue weighted by molar-refractivity contribution is -0.150. The Hall–Kier alpha value is -2.16. The molecule has 0 spiro atoms. The number of carbonyl (C=O) groups is 2. The van der Waals surface area contributed by atoms with Crippen LogP contribution in [0.5, 0.6) is 0 Å². The van der Waals surface area contributed by atoms with Crippen LogP contribution in [-0.4, -0.2) is 47.7 Å². The predicted molar refractivity (Wildman–Crippen MR) is 73.8 cm³/mol. The van der Waals surface area contributed by atoms with Crippen molar-refractivity contribution in [2.45, 2.75) is 30.9 Å². The average molecular weight is 349 g/mol. The number of hydrogen-bond donors (Lipinski definition) is 1. The molecule has 3 unspecified atom stereocenters. The second-order valence-corrected chi connectivity index (χ2v) is 5.42. The van der Waals surface area contributed by atoms with Crippen molar-refractivity contribution in [2.75, 3.05) is 13.7 Å². The highest BCUT2D eigenvalue weighted by Crippen LogP contribution is 2.32. The number of methoxy groups -OCH3 is 1. The summed E-state index contributed by atoms with van der Waals surface area (Å²) in [6.07, 6.45) is -7.32. The van der Waals surface area contributed by atoms with Crippen LogP contribution in [0.1, 0.15) is 23.7 Å². The molecule has 1 fully saturated rings. The van der Waals surface area contributed by atoms with E-state index >= 15 is 0 Å². The quantitative estimate of drug-likeness (QED) is 0.848. The third kappa shape index (κ3) is 3.66. The smallest absolute Gasteiger partial charge is 0.416 e. The predicted octanol–water partition coefficient (Wildman–Crippen LogP) is 2.42. The lowest BCUT2D eigenvalue weighted by Crippen LogP contribution is -2.42. The van der Waals surface area contributed by atoms with Crippen LogP contribution in [0.3, 0.4) is 0 Å². The molecule has 3 atom stereocenters. The molecule has 1 aromatic carbocycles. The van der Waals surface area contributed by atoms with Gasteiger partial charge in [0.15, 0.2) is 0 Å². The molecule has 1 heterocycles. The van der Waals surface area contributed by atoms with Gasteiger partial charge in [-0.25, -0.2) is 9.18 Å². The molecule has 0 aromatic heterocycles. The number of carboxylic acids is 1. The van der Waals surface area contributed by atoms with Crippen LogP contribution in [0, 0.1) is 0 Å². The molecule has 9 heteroatoms. The molecule has 1 aliphatic heterocycles. The molecule has 0 radical (unpaired) electrons. The molecule has 0 aliphatic carbocycles. The standard InChI is InChI=1S/C15H15F4NO4/c1-24-10-6-11(14(22)23)20(7-10)13(21)12(16)8-2-4-9(5-3-8)15(17,18)19/h2-5,10-12H,6-7H2,1H3,(H,22,23). The summed E-state index contributed by atoms with van der Waals surface area (Å²) >= 11 is 0. The summed E-state index contributed by atoms with van der Waals surface area (Å²) in [6.45, 7) is -0.0899. The number of rotatable bonds is 4. The minimum Gasteiger partial charge on any atom is -0.480 e. The summed E-state index contributed by atoms with van der Waals surface area (Å²) in [6, 6.07) is 1.85. The number of halogens is 4. The number of hydrogen-bond acceptors (Lipinski definition) is 3. The van der Waals surface area contributed by atoms with Gasteiger partial charge < -0.3 is 14.7 Å². The SMILES string of the molecule is COC1CC(C(=O)O)N(C(=O)C(F)c2ccc(C(F)(F)F)cc2)C1. The van der Waals surface area contributed by atoms with Crippen molar-refractivity contribution >= 4 is 11.9 Å². The van der Waals surface area contributed by atoms with E-state index < -0.39 is 41.9 Å². The number of aliphatic carboxylic acids is 1. The summed E-state index contributed by atoms with van der Waals surface area (Å²) in [4.78, 5) is 24.3. The van der Waals surface area contributed by atoms with Crippen LogP contribution in [0.15, 0.2) is 24.3 Å². The van der Waals surface area contributed by atoms with E-state index in [9.17, 15) is 27.2 Å². The van der Waals surface area contributed by atoms with Gasteiger partial charge in [0.05, 0.1) is 11.7 Å². The highest BCUT2D eigenvalue weighted by molar-refractivity contribution is 5.87. The van der Waals surface area contributed by atoms with Gasteiger partial charge in [0.2, 0.25) is 6.17 Å². The Morgan fingerprint density at radius 2 is 1.88 bits per heavy atom. The van der Waals surface area contributed by atoms with Crippen LogP contribution < -0.4 is 0 Å². The van der Waals surface area contributed by atoms with Crippen LogP contribution in [0.4, 0.5) is 17.6 Å². The van der Waals surface area contributed by atoms with Gasteiger partial charge in [-0.2, -0.15) is 13.2 Å². The Labute approximate surface area is 134 Å². The third-order valence-corrected chi connectivity index (χ3v) is 3.91. The first-order valence-corrected chi connectivity index (χ1v) is 7.02. The maximum atomic E-state index is 14.4. The Morgan fingerprint density at radius 3 is 2.33 bits per heavy atom. The van der Waals surface area contributed by atoms with Crippen LogP contribution >= 0.6 is 0 Å². The molecular weight excluding hydrogens is 334 g/mol. The number of carbonyl (C=O) groups excluding carboxylic acids is 1. The van der Waals surface area contributed by atoms with Gasteiger partial charge in [-0.15, -0.1) is 0 Å². The zero-order chi connectivity index (χ0) is 18.1. The molecule has 1 aromatic rings. The molecule has 132 valence electrons. The minimum absolute atomic E-state index is 0.0251. The van der Waals surface area contributed by atoms with Gasteiger partial charge in [-0.05, 0) is 17.7 Å². The molecule has 0 saturated carbocycles. The minimum atomic E-state index is -4.57. The van der Waals surface area contributed by atoms with E-state index in [2.05, 4.69) is 0 Å². The first kappa shape index (κ1) is 18.2. The number of benzene rings is 1. The van der Waals surface area contributed by atoms with E-state index in [0.29, 0.717) is 12.1 Å². The maximum Gasteiger partial charge on any atom is 0.416 e. The number of ether oxygens (including phenoxy) is 1. The molecule has 1 saturated heterocycles. The van der Waals surface area contributed by atoms with E-state index in [1.165, 1.54) is 7.11 Å². The summed E-state index contributed by atoms with van der Waals surface area (Å²) < 4.78 is 56.9. The summed E-state index contributed by atoms with van der Waals surface area (Å²) in [5.41, 5.74) is -1.23. The van der Waals surface area contributed by atoms with E-state index in [1.54, 1.807) is 0 Å². The highest BCUT2D eigenvalue weighted by Gasteiger charge is 2.42. The fourth-order valence-corrected chi connectivity index (χ4v) is 2.58. The van der Waals surface area contributed by atoms with Crippen molar-refractivity contribution in [1.82, 2.24) is 4.90 Å². The average Bonchev–Trinajstić information content (AvgIpc) is 2.97. The Kier molecular flexibility index (Phi) is 5.12. The van der Waals surface area contributed by atoms with Crippen molar-refractivity contribution in [3.8, 4) is 0 Å². The summed E-state index contributed by atoms with van der Waals surface area (Å²) in [5.74, 6) is -2.40. The summed E-state index contributed by atoms with van der Waals surface area (Å²) in [5, 5.41) is 9.13. The second-order valence-electron chi connectivity index (χ2n) is 5.42. The molecular formula is C15H15F4NO4. The monoisotopic (exact) mass is 349 g/mol. The largest absolute Gasteiger partial charge is 0.480 e. The van der Waals surface area contributed by atoms with Crippen LogP contribution in [0.2, 0.25) is 0 Å². The lowest BCUT2D eigenvalue weighted by atomic mass is 10.1. The molecule has 24 heavy (non-hydrogen) atoms. The first-order chi connectivity index (χ1) is 11.1. The molecule has 2 rings (SSSR count). The van der Waals surface area contributed by atoms with Crippen molar-refractivity contribution in [1.29, 1.82) is 0 Å². The van der Waals surface area contributed by atoms with Crippen molar-refractivity contribution in [3.05, 3.63) is 35.4 Å². The second kappa shape index (κ2) is 6.76. The van der Waals surface area contributed by atoms with Gasteiger partial charge in [-0.3, -0.25) is 4.79 Å². The molecule has 1 aliphatic rings. The number of likely N-dealkylation sites (tertiary alicyclic amines) is 1. The van der Waals surface area contributed by atoms with E-state index in [0.717, 1.165) is 17.0 Å². The molecule has 1 amide bonds. The van der Waals surface area contributed by atoms with Crippen LogP contribution in [0.25, 0.3) is 0 Å². The number of alkyl halides is 4. The third-order valence-electron chi connectivity index (χ3n) is 3.91. The van der Waals surface area contributed by atoms with E-state index in [1.807, 2.05) is 0 Å². The molecule has 1 N–H and O–H groups in total. The van der Waals surface area contributed by atoms with Crippen molar-refractivity contribution in [3.63, 3.8) is 0 Å². The van der Waals surface area contributed by atoms with Gasteiger partial charge in [0, 0.05) is 20.1 Å². The Bertz CT molecular complexity index is 617. The van der Waals surface area contributed by atoms with Gasteiger partial charge >= 0.3 is 12.1 Å². The number of amides is 1. The van der Waals surface area contributed by atoms with Gasteiger partial charge in [-0.1, -0.05) is 12.1 Å². The topological polar surface area (TPSA) is 66.8 Å². The first-order valence-electron chi connectivity index (χ1n) is 7.02. The Balaban J connectivity index is 2.18. The number of nitrogens with zero attached hydrogens (tertiary/aromatic N) is 1. The van der Waals surface area contributed by atoms with E-state index in [-0.39, 0.29) is 18.5 Å². The fourth-order valence-electron chi connectivity index (χ4n) is 2.58. The van der Waals surface area contributed by atoms with Crippen molar-refractivity contribution in [2.24, 2.45) is 0 Å². The zero-order valence-electron chi connectivity index (χ0n) is 12.6. The fraction of sp³-hybridized carbons (Fsp3) is 0.467.